The quantitative estimate of drug-likeness (QED) is 0.390. The molecule has 134 valence electrons. The molecule has 0 aliphatic heterocycles. The van der Waals surface area contributed by atoms with E-state index in [0.29, 0.717) is 11.1 Å². The Morgan fingerprint density at radius 2 is 1.58 bits per heavy atom. The lowest BCUT2D eigenvalue weighted by Crippen LogP contribution is -1.96. The number of fused-ring (bicyclic) bond motifs is 1. The van der Waals surface area contributed by atoms with E-state index < -0.39 is 21.1 Å². The number of benzene rings is 3. The summed E-state index contributed by atoms with van der Waals surface area (Å²) in [6, 6.07) is 15.4. The second-order valence-electron chi connectivity index (χ2n) is 5.12. The van der Waals surface area contributed by atoms with Crippen molar-refractivity contribution in [2.24, 2.45) is 10.2 Å². The maximum absolute atomic E-state index is 11.0. The average Bonchev–Trinajstić information content (AvgIpc) is 2.60. The maximum Gasteiger partial charge on any atom is 0.299 e. The van der Waals surface area contributed by atoms with Crippen molar-refractivity contribution in [1.82, 2.24) is 0 Å². The largest absolute Gasteiger partial charge is 0.382 e. The van der Waals surface area contributed by atoms with Crippen molar-refractivity contribution in [3.8, 4) is 5.75 Å². The summed E-state index contributed by atoms with van der Waals surface area (Å²) in [5.41, 5.74) is 0.531. The van der Waals surface area contributed by atoms with Gasteiger partial charge in [-0.1, -0.05) is 30.3 Å². The van der Waals surface area contributed by atoms with Crippen LogP contribution in [-0.2, 0) is 21.1 Å². The number of hydrogen-bond acceptors (Lipinski definition) is 7. The van der Waals surface area contributed by atoms with Crippen molar-refractivity contribution < 1.29 is 25.6 Å². The highest BCUT2D eigenvalue weighted by atomic mass is 32.2. The van der Waals surface area contributed by atoms with Gasteiger partial charge in [0.05, 0.1) is 10.6 Å². The molecule has 0 aliphatic carbocycles. The predicted octanol–water partition coefficient (Wildman–Crippen LogP) is 3.41. The molecule has 0 atom stereocenters. The highest BCUT2D eigenvalue weighted by molar-refractivity contribution is 7.85. The first-order chi connectivity index (χ1) is 12.3. The lowest BCUT2D eigenvalue weighted by molar-refractivity contribution is 0.483. The summed E-state index contributed by atoms with van der Waals surface area (Å²) in [7, 11) is -7.42. The van der Waals surface area contributed by atoms with Crippen molar-refractivity contribution in [2.45, 2.75) is 4.90 Å². The molecule has 0 bridgehead atoms. The van der Waals surface area contributed by atoms with E-state index in [9.17, 15) is 16.8 Å². The van der Waals surface area contributed by atoms with Gasteiger partial charge in [-0.15, -0.1) is 5.11 Å². The molecule has 0 unspecified atom stereocenters. The van der Waals surface area contributed by atoms with Crippen molar-refractivity contribution in [2.75, 3.05) is 0 Å². The smallest absolute Gasteiger partial charge is 0.299 e. The van der Waals surface area contributed by atoms with Crippen LogP contribution in [0.1, 0.15) is 0 Å². The van der Waals surface area contributed by atoms with Crippen LogP contribution in [0, 0.1) is 0 Å². The molecule has 8 nitrogen and oxygen atoms in total. The topological polar surface area (TPSA) is 122 Å². The van der Waals surface area contributed by atoms with E-state index in [1.807, 2.05) is 12.1 Å². The lowest BCUT2D eigenvalue weighted by Gasteiger charge is -2.06. The van der Waals surface area contributed by atoms with Crippen LogP contribution in [0.2, 0.25) is 0 Å². The minimum atomic E-state index is -4.30. The number of hydrogen-bond donors (Lipinski definition) is 2. The fourth-order valence-electron chi connectivity index (χ4n) is 2.28. The van der Waals surface area contributed by atoms with Gasteiger partial charge in [0.25, 0.3) is 21.1 Å². The second kappa shape index (κ2) is 7.20. The summed E-state index contributed by atoms with van der Waals surface area (Å²) >= 11 is 0. The maximum atomic E-state index is 11.0. The predicted molar refractivity (Wildman–Crippen MR) is 95.3 cm³/mol. The lowest BCUT2D eigenvalue weighted by atomic mass is 10.1. The molecule has 0 amide bonds. The fraction of sp³-hybridized carbons (Fsp3) is 0. The summed E-state index contributed by atoms with van der Waals surface area (Å²) in [5, 5.41) is 9.51. The van der Waals surface area contributed by atoms with Gasteiger partial charge in [-0.2, -0.15) is 21.9 Å². The van der Waals surface area contributed by atoms with E-state index in [1.54, 1.807) is 18.2 Å². The van der Waals surface area contributed by atoms with Crippen LogP contribution in [0.15, 0.2) is 75.8 Å². The zero-order valence-electron chi connectivity index (χ0n) is 13.0. The van der Waals surface area contributed by atoms with E-state index in [0.717, 1.165) is 5.39 Å². The number of rotatable bonds is 5. The third-order valence-electron chi connectivity index (χ3n) is 3.44. The Morgan fingerprint density at radius 3 is 2.23 bits per heavy atom. The van der Waals surface area contributed by atoms with Crippen LogP contribution in [0.5, 0.6) is 5.75 Å². The molecule has 10 heteroatoms. The van der Waals surface area contributed by atoms with Gasteiger partial charge in [0.15, 0.2) is 5.75 Å². The van der Waals surface area contributed by atoms with Crippen molar-refractivity contribution in [1.29, 1.82) is 0 Å². The monoisotopic (exact) mass is 392 g/mol. The van der Waals surface area contributed by atoms with E-state index in [4.69, 9.17) is 8.74 Å². The summed E-state index contributed by atoms with van der Waals surface area (Å²) in [5.74, 6) is 0.0260. The standard InChI is InChI=1S/C16H12N2O6S2/c19-25(20)24-15-10-5-11-3-1-2-4-14(11)16(15)18-17-12-6-8-13(9-7-12)26(21,22)23/h1-10,25H,(H,21,22,23). The van der Waals surface area contributed by atoms with Crippen LogP contribution in [0.4, 0.5) is 11.4 Å². The number of azo groups is 1. The molecule has 0 aliphatic rings. The molecule has 0 aromatic heterocycles. The highest BCUT2D eigenvalue weighted by Gasteiger charge is 2.11. The minimum Gasteiger partial charge on any atom is -0.382 e. The Labute approximate surface area is 150 Å². The van der Waals surface area contributed by atoms with Crippen LogP contribution < -0.4 is 4.18 Å². The molecule has 0 fully saturated rings. The van der Waals surface area contributed by atoms with E-state index >= 15 is 0 Å². The molecular weight excluding hydrogens is 380 g/mol. The normalized spacial score (nSPS) is 12.1. The average molecular weight is 392 g/mol. The molecule has 0 saturated carbocycles. The molecule has 3 aromatic carbocycles. The Kier molecular flexibility index (Phi) is 4.98. The van der Waals surface area contributed by atoms with Crippen LogP contribution >= 0.6 is 0 Å². The van der Waals surface area contributed by atoms with Gasteiger partial charge in [-0.25, -0.2) is 0 Å². The summed E-state index contributed by atoms with van der Waals surface area (Å²) < 4.78 is 57.7. The summed E-state index contributed by atoms with van der Waals surface area (Å²) in [6.07, 6.45) is 0. The fourth-order valence-corrected chi connectivity index (χ4v) is 3.07. The van der Waals surface area contributed by atoms with Gasteiger partial charge < -0.3 is 4.18 Å². The Morgan fingerprint density at radius 1 is 0.885 bits per heavy atom. The Bertz CT molecular complexity index is 1160. The van der Waals surface area contributed by atoms with Gasteiger partial charge >= 0.3 is 0 Å². The SMILES string of the molecule is O=[SH](=O)Oc1ccc2ccccc2c1N=Nc1ccc(S(=O)(=O)O)cc1. The van der Waals surface area contributed by atoms with Gasteiger partial charge in [0.1, 0.15) is 5.69 Å². The molecule has 3 rings (SSSR count). The molecule has 3 aromatic rings. The second-order valence-corrected chi connectivity index (χ2v) is 7.17. The zero-order valence-corrected chi connectivity index (χ0v) is 14.7. The molecule has 0 heterocycles. The summed E-state index contributed by atoms with van der Waals surface area (Å²) in [6.45, 7) is 0. The van der Waals surface area contributed by atoms with Crippen LogP contribution in [-0.4, -0.2) is 21.4 Å². The zero-order chi connectivity index (χ0) is 18.7. The Hall–Kier alpha value is -2.82. The summed E-state index contributed by atoms with van der Waals surface area (Å²) in [4.78, 5) is -0.269. The van der Waals surface area contributed by atoms with E-state index in [-0.39, 0.29) is 16.3 Å². The molecule has 26 heavy (non-hydrogen) atoms. The third-order valence-corrected chi connectivity index (χ3v) is 4.65. The first kappa shape index (κ1) is 18.0. The Balaban J connectivity index is 2.05. The van der Waals surface area contributed by atoms with Crippen molar-refractivity contribution >= 4 is 43.3 Å². The van der Waals surface area contributed by atoms with Gasteiger partial charge in [-0.05, 0) is 35.7 Å². The van der Waals surface area contributed by atoms with Crippen molar-refractivity contribution in [3.05, 3.63) is 60.7 Å². The molecular formula is C16H12N2O6S2. The first-order valence-electron chi connectivity index (χ1n) is 7.18. The molecule has 0 spiro atoms. The molecule has 0 radical (unpaired) electrons. The van der Waals surface area contributed by atoms with Crippen LogP contribution in [0.25, 0.3) is 10.8 Å². The highest BCUT2D eigenvalue weighted by Crippen LogP contribution is 2.37. The van der Waals surface area contributed by atoms with E-state index in [1.165, 1.54) is 30.3 Å². The third kappa shape index (κ3) is 4.04. The minimum absolute atomic E-state index is 0.0260. The van der Waals surface area contributed by atoms with E-state index in [2.05, 4.69) is 10.2 Å². The molecule has 1 N–H and O–H groups in total. The van der Waals surface area contributed by atoms with Gasteiger partial charge in [0.2, 0.25) is 0 Å². The van der Waals surface area contributed by atoms with Gasteiger partial charge in [0, 0.05) is 5.39 Å². The number of thiol groups is 1. The van der Waals surface area contributed by atoms with Gasteiger partial charge in [-0.3, -0.25) is 4.55 Å². The van der Waals surface area contributed by atoms with Crippen molar-refractivity contribution in [3.63, 3.8) is 0 Å². The van der Waals surface area contributed by atoms with Crippen LogP contribution in [0.3, 0.4) is 0 Å². The first-order valence-corrected chi connectivity index (χ1v) is 9.71. The number of nitrogens with zero attached hydrogens (tertiary/aromatic N) is 2. The molecule has 0 saturated heterocycles.